The molecule has 0 saturated heterocycles. The number of aryl methyl sites for hydroxylation is 1. The first-order chi connectivity index (χ1) is 5.68. The number of aromatic nitrogens is 1. The van der Waals surface area contributed by atoms with Crippen molar-refractivity contribution in [3.63, 3.8) is 0 Å². The molecule has 0 amide bonds. The third-order valence-electron chi connectivity index (χ3n) is 1.75. The van der Waals surface area contributed by atoms with Gasteiger partial charge in [-0.25, -0.2) is 9.18 Å². The zero-order valence-corrected chi connectivity index (χ0v) is 6.37. The van der Waals surface area contributed by atoms with Crippen molar-refractivity contribution in [3.8, 4) is 0 Å². The van der Waals surface area contributed by atoms with Gasteiger partial charge in [0.1, 0.15) is 5.82 Å². The summed E-state index contributed by atoms with van der Waals surface area (Å²) in [6.45, 7) is 0. The van der Waals surface area contributed by atoms with Gasteiger partial charge in [0.2, 0.25) is 0 Å². The third kappa shape index (κ3) is 0.845. The third-order valence-corrected chi connectivity index (χ3v) is 1.75. The Labute approximate surface area is 67.0 Å². The van der Waals surface area contributed by atoms with Gasteiger partial charge in [-0.2, -0.15) is 0 Å². The van der Waals surface area contributed by atoms with Crippen molar-refractivity contribution in [2.24, 2.45) is 7.05 Å². The lowest BCUT2D eigenvalue weighted by Crippen LogP contribution is -2.08. The molecular weight excluding hydrogens is 161 g/mol. The Kier molecular flexibility index (Phi) is 1.30. The first-order valence-corrected chi connectivity index (χ1v) is 3.43. The molecule has 0 unspecified atom stereocenters. The highest BCUT2D eigenvalue weighted by Gasteiger charge is 2.05. The lowest BCUT2D eigenvalue weighted by Gasteiger charge is -1.89. The Hall–Kier alpha value is -1.58. The summed E-state index contributed by atoms with van der Waals surface area (Å²) < 4.78 is 18.7. The molecule has 4 heteroatoms. The monoisotopic (exact) mass is 167 g/mol. The van der Waals surface area contributed by atoms with E-state index in [4.69, 9.17) is 4.42 Å². The van der Waals surface area contributed by atoms with E-state index < -0.39 is 5.76 Å². The van der Waals surface area contributed by atoms with Crippen molar-refractivity contribution >= 4 is 11.1 Å². The number of nitrogens with zero attached hydrogens (tertiary/aromatic N) is 1. The Morgan fingerprint density at radius 2 is 2.25 bits per heavy atom. The summed E-state index contributed by atoms with van der Waals surface area (Å²) in [7, 11) is 1.54. The zero-order valence-electron chi connectivity index (χ0n) is 6.37. The van der Waals surface area contributed by atoms with Gasteiger partial charge >= 0.3 is 5.76 Å². The standard InChI is InChI=1S/C8H6FNO2/c1-10-6-4-5(9)2-3-7(6)12-8(10)11/h2-4H,1H3. The van der Waals surface area contributed by atoms with E-state index in [-0.39, 0.29) is 5.82 Å². The van der Waals surface area contributed by atoms with Gasteiger partial charge in [0.25, 0.3) is 0 Å². The number of rotatable bonds is 0. The van der Waals surface area contributed by atoms with Crippen molar-refractivity contribution in [1.82, 2.24) is 4.57 Å². The smallest absolute Gasteiger partial charge is 0.408 e. The number of fused-ring (bicyclic) bond motifs is 1. The summed E-state index contributed by atoms with van der Waals surface area (Å²) in [5.41, 5.74) is 0.879. The lowest BCUT2D eigenvalue weighted by molar-refractivity contribution is 0.528. The maximum absolute atomic E-state index is 12.7. The number of benzene rings is 1. The molecule has 0 atom stereocenters. The minimum absolute atomic E-state index is 0.376. The number of halogens is 1. The fourth-order valence-electron chi connectivity index (χ4n) is 1.10. The maximum Gasteiger partial charge on any atom is 0.419 e. The zero-order chi connectivity index (χ0) is 8.72. The van der Waals surface area contributed by atoms with E-state index in [2.05, 4.69) is 0 Å². The van der Waals surface area contributed by atoms with E-state index >= 15 is 0 Å². The average molecular weight is 167 g/mol. The van der Waals surface area contributed by atoms with E-state index in [9.17, 15) is 9.18 Å². The van der Waals surface area contributed by atoms with Crippen LogP contribution in [0.5, 0.6) is 0 Å². The molecule has 62 valence electrons. The van der Waals surface area contributed by atoms with Crippen molar-refractivity contribution < 1.29 is 8.81 Å². The van der Waals surface area contributed by atoms with Crippen LogP contribution in [0.1, 0.15) is 0 Å². The molecule has 0 spiro atoms. The molecule has 1 aromatic heterocycles. The van der Waals surface area contributed by atoms with Gasteiger partial charge in [0.05, 0.1) is 5.52 Å². The molecule has 1 heterocycles. The summed E-state index contributed by atoms with van der Waals surface area (Å²) in [5, 5.41) is 0. The van der Waals surface area contributed by atoms with Crippen LogP contribution in [-0.2, 0) is 7.05 Å². The Morgan fingerprint density at radius 1 is 1.50 bits per heavy atom. The highest BCUT2D eigenvalue weighted by atomic mass is 19.1. The van der Waals surface area contributed by atoms with Crippen LogP contribution in [-0.4, -0.2) is 4.57 Å². The predicted octanol–water partition coefficient (Wildman–Crippen LogP) is 1.27. The van der Waals surface area contributed by atoms with Crippen LogP contribution in [0.25, 0.3) is 11.1 Å². The lowest BCUT2D eigenvalue weighted by atomic mass is 10.3. The molecule has 0 aliphatic carbocycles. The molecule has 2 aromatic rings. The SMILES string of the molecule is Cn1c(=O)oc2ccc(F)cc21. The second-order valence-corrected chi connectivity index (χ2v) is 2.54. The number of oxazole rings is 1. The van der Waals surface area contributed by atoms with E-state index in [1.807, 2.05) is 0 Å². The predicted molar refractivity (Wildman–Crippen MR) is 41.4 cm³/mol. The van der Waals surface area contributed by atoms with Crippen LogP contribution < -0.4 is 5.76 Å². The van der Waals surface area contributed by atoms with Gasteiger partial charge in [0, 0.05) is 13.1 Å². The van der Waals surface area contributed by atoms with Crippen LogP contribution in [0, 0.1) is 5.82 Å². The topological polar surface area (TPSA) is 35.1 Å². The molecule has 12 heavy (non-hydrogen) atoms. The van der Waals surface area contributed by atoms with Gasteiger partial charge in [0.15, 0.2) is 5.58 Å². The van der Waals surface area contributed by atoms with E-state index in [0.29, 0.717) is 11.1 Å². The van der Waals surface area contributed by atoms with Gasteiger partial charge in [-0.1, -0.05) is 0 Å². The quantitative estimate of drug-likeness (QED) is 0.592. The summed E-state index contributed by atoms with van der Waals surface area (Å²) in [5.74, 6) is -0.852. The molecule has 0 fully saturated rings. The first-order valence-electron chi connectivity index (χ1n) is 3.43. The van der Waals surface area contributed by atoms with Crippen molar-refractivity contribution in [2.45, 2.75) is 0 Å². The van der Waals surface area contributed by atoms with Crippen molar-refractivity contribution in [2.75, 3.05) is 0 Å². The van der Waals surface area contributed by atoms with Gasteiger partial charge in [-0.15, -0.1) is 0 Å². The molecule has 0 bridgehead atoms. The fraction of sp³-hybridized carbons (Fsp3) is 0.125. The molecule has 0 aliphatic heterocycles. The van der Waals surface area contributed by atoms with E-state index in [0.717, 1.165) is 0 Å². The summed E-state index contributed by atoms with van der Waals surface area (Å²) >= 11 is 0. The normalized spacial score (nSPS) is 10.8. The summed E-state index contributed by atoms with van der Waals surface area (Å²) in [6.07, 6.45) is 0. The minimum Gasteiger partial charge on any atom is -0.408 e. The van der Waals surface area contributed by atoms with Gasteiger partial charge < -0.3 is 4.42 Å². The van der Waals surface area contributed by atoms with Crippen LogP contribution in [0.15, 0.2) is 27.4 Å². The average Bonchev–Trinajstić information content (AvgIpc) is 2.31. The van der Waals surface area contributed by atoms with Crippen LogP contribution >= 0.6 is 0 Å². The summed E-state index contributed by atoms with van der Waals surface area (Å²) in [6, 6.07) is 3.96. The molecule has 1 aromatic carbocycles. The van der Waals surface area contributed by atoms with Gasteiger partial charge in [-0.3, -0.25) is 4.57 Å². The highest BCUT2D eigenvalue weighted by molar-refractivity contribution is 5.72. The largest absolute Gasteiger partial charge is 0.419 e. The van der Waals surface area contributed by atoms with Gasteiger partial charge in [-0.05, 0) is 12.1 Å². The molecule has 0 N–H and O–H groups in total. The first kappa shape index (κ1) is 7.09. The second kappa shape index (κ2) is 2.20. The maximum atomic E-state index is 12.7. The minimum atomic E-state index is -0.476. The molecule has 0 radical (unpaired) electrons. The molecular formula is C8H6FNO2. The molecule has 3 nitrogen and oxygen atoms in total. The van der Waals surface area contributed by atoms with E-state index in [1.165, 1.54) is 29.8 Å². The molecule has 2 rings (SSSR count). The number of hydrogen-bond acceptors (Lipinski definition) is 2. The Bertz CT molecular complexity index is 483. The van der Waals surface area contributed by atoms with Crippen LogP contribution in [0.2, 0.25) is 0 Å². The van der Waals surface area contributed by atoms with Crippen LogP contribution in [0.4, 0.5) is 4.39 Å². The fourth-order valence-corrected chi connectivity index (χ4v) is 1.10. The van der Waals surface area contributed by atoms with Crippen molar-refractivity contribution in [3.05, 3.63) is 34.6 Å². The second-order valence-electron chi connectivity index (χ2n) is 2.54. The molecule has 0 aliphatic rings. The molecule has 0 saturated carbocycles. The van der Waals surface area contributed by atoms with Crippen LogP contribution in [0.3, 0.4) is 0 Å². The number of hydrogen-bond donors (Lipinski definition) is 0. The van der Waals surface area contributed by atoms with E-state index in [1.54, 1.807) is 0 Å². The summed E-state index contributed by atoms with van der Waals surface area (Å²) in [4.78, 5) is 10.9. The Balaban J connectivity index is 2.98. The highest BCUT2D eigenvalue weighted by Crippen LogP contribution is 2.12. The Morgan fingerprint density at radius 3 is 3.00 bits per heavy atom. The van der Waals surface area contributed by atoms with Crippen molar-refractivity contribution in [1.29, 1.82) is 0 Å².